The Bertz CT molecular complexity index is 592. The van der Waals surface area contributed by atoms with Crippen molar-refractivity contribution < 1.29 is 0 Å². The average Bonchev–Trinajstić information content (AvgIpc) is 2.97. The third kappa shape index (κ3) is 3.30. The average molecular weight is 322 g/mol. The number of nitrogens with zero attached hydrogens (tertiary/aromatic N) is 2. The number of hydrogen-bond acceptors (Lipinski definition) is 5. The lowest BCUT2D eigenvalue weighted by atomic mass is 9.91. The van der Waals surface area contributed by atoms with Gasteiger partial charge in [-0.1, -0.05) is 20.8 Å². The smallest absolute Gasteiger partial charge is 0.186 e. The predicted molar refractivity (Wildman–Crippen MR) is 92.2 cm³/mol. The van der Waals surface area contributed by atoms with Gasteiger partial charge in [-0.3, -0.25) is 0 Å². The molecule has 1 saturated carbocycles. The van der Waals surface area contributed by atoms with Crippen LogP contribution in [-0.2, 0) is 18.5 Å². The van der Waals surface area contributed by atoms with Gasteiger partial charge in [-0.25, -0.2) is 4.98 Å². The van der Waals surface area contributed by atoms with Crippen molar-refractivity contribution in [2.45, 2.75) is 58.2 Å². The summed E-state index contributed by atoms with van der Waals surface area (Å²) in [5, 5.41) is 5.53. The van der Waals surface area contributed by atoms with Crippen molar-refractivity contribution >= 4 is 27.8 Å². The lowest BCUT2D eigenvalue weighted by molar-refractivity contribution is 0.565. The largest absolute Gasteiger partial charge is 0.341 e. The molecule has 2 aromatic rings. The van der Waals surface area contributed by atoms with Gasteiger partial charge in [-0.2, -0.15) is 11.3 Å². The summed E-state index contributed by atoms with van der Waals surface area (Å²) < 4.78 is 0. The van der Waals surface area contributed by atoms with Crippen molar-refractivity contribution in [1.82, 2.24) is 4.98 Å². The first kappa shape index (κ1) is 15.0. The summed E-state index contributed by atoms with van der Waals surface area (Å²) in [5.41, 5.74) is 8.55. The lowest BCUT2D eigenvalue weighted by Gasteiger charge is -2.21. The summed E-state index contributed by atoms with van der Waals surface area (Å²) in [6.07, 6.45) is 2.57. The van der Waals surface area contributed by atoms with Gasteiger partial charge < -0.3 is 10.6 Å². The molecule has 0 bridgehead atoms. The fourth-order valence-electron chi connectivity index (χ4n) is 2.50. The van der Waals surface area contributed by atoms with E-state index in [-0.39, 0.29) is 5.41 Å². The second-order valence-electron chi connectivity index (χ2n) is 6.71. The van der Waals surface area contributed by atoms with E-state index in [2.05, 4.69) is 42.5 Å². The number of thiophene rings is 1. The van der Waals surface area contributed by atoms with Gasteiger partial charge in [0.1, 0.15) is 0 Å². The number of aromatic nitrogens is 1. The van der Waals surface area contributed by atoms with Crippen molar-refractivity contribution in [3.63, 3.8) is 0 Å². The zero-order valence-electron chi connectivity index (χ0n) is 12.9. The first-order valence-electron chi connectivity index (χ1n) is 7.47. The molecule has 3 rings (SSSR count). The van der Waals surface area contributed by atoms with Crippen LogP contribution in [0.5, 0.6) is 0 Å². The van der Waals surface area contributed by atoms with Crippen molar-refractivity contribution in [1.29, 1.82) is 0 Å². The lowest BCUT2D eigenvalue weighted by Crippen LogP contribution is -2.25. The first-order valence-corrected chi connectivity index (χ1v) is 9.23. The Hall–Kier alpha value is -0.910. The van der Waals surface area contributed by atoms with Crippen molar-refractivity contribution in [2.75, 3.05) is 4.90 Å². The second-order valence-corrected chi connectivity index (χ2v) is 8.56. The number of thiazole rings is 1. The highest BCUT2D eigenvalue weighted by Gasteiger charge is 2.33. The molecule has 1 aliphatic carbocycles. The van der Waals surface area contributed by atoms with E-state index < -0.39 is 0 Å². The molecule has 0 radical (unpaired) electrons. The Morgan fingerprint density at radius 2 is 2.14 bits per heavy atom. The molecule has 0 unspecified atom stereocenters. The number of nitrogens with two attached hydrogens (primary N) is 1. The molecule has 114 valence electrons. The van der Waals surface area contributed by atoms with Crippen LogP contribution in [0.4, 0.5) is 5.13 Å². The van der Waals surface area contributed by atoms with Crippen LogP contribution >= 0.6 is 22.7 Å². The van der Waals surface area contributed by atoms with E-state index >= 15 is 0 Å². The van der Waals surface area contributed by atoms with Gasteiger partial charge in [0.25, 0.3) is 0 Å². The van der Waals surface area contributed by atoms with Gasteiger partial charge in [-0.15, -0.1) is 11.3 Å². The van der Waals surface area contributed by atoms with Gasteiger partial charge in [0.05, 0.1) is 5.69 Å². The molecule has 0 aromatic carbocycles. The number of anilines is 1. The maximum Gasteiger partial charge on any atom is 0.186 e. The van der Waals surface area contributed by atoms with Crippen LogP contribution < -0.4 is 10.6 Å². The van der Waals surface area contributed by atoms with E-state index in [0.29, 0.717) is 12.6 Å². The molecule has 1 fully saturated rings. The fourth-order valence-corrected chi connectivity index (χ4v) is 4.38. The van der Waals surface area contributed by atoms with Crippen LogP contribution in [0.3, 0.4) is 0 Å². The third-order valence-electron chi connectivity index (χ3n) is 3.75. The Balaban J connectivity index is 1.91. The Morgan fingerprint density at radius 1 is 1.38 bits per heavy atom. The van der Waals surface area contributed by atoms with E-state index in [9.17, 15) is 0 Å². The summed E-state index contributed by atoms with van der Waals surface area (Å²) in [6.45, 7) is 8.19. The van der Waals surface area contributed by atoms with Gasteiger partial charge in [0.15, 0.2) is 5.13 Å². The van der Waals surface area contributed by atoms with Crippen molar-refractivity contribution in [3.8, 4) is 0 Å². The normalized spacial score (nSPS) is 15.4. The van der Waals surface area contributed by atoms with Crippen molar-refractivity contribution in [2.24, 2.45) is 5.73 Å². The maximum atomic E-state index is 5.94. The topological polar surface area (TPSA) is 42.2 Å². The minimum absolute atomic E-state index is 0.0566. The molecule has 0 amide bonds. The SMILES string of the molecule is CC(C)(C)c1nc(N(Cc2ccsc2)C2CC2)sc1CN. The third-order valence-corrected chi connectivity index (χ3v) is 5.60. The van der Waals surface area contributed by atoms with Crippen LogP contribution in [0.2, 0.25) is 0 Å². The molecule has 0 saturated heterocycles. The minimum Gasteiger partial charge on any atom is -0.341 e. The zero-order chi connectivity index (χ0) is 15.0. The molecule has 0 atom stereocenters. The molecule has 0 aliphatic heterocycles. The van der Waals surface area contributed by atoms with Crippen LogP contribution in [0.15, 0.2) is 16.8 Å². The summed E-state index contributed by atoms with van der Waals surface area (Å²) in [5.74, 6) is 0. The molecular formula is C16H23N3S2. The zero-order valence-corrected chi connectivity index (χ0v) is 14.6. The van der Waals surface area contributed by atoms with Crippen molar-refractivity contribution in [3.05, 3.63) is 33.0 Å². The van der Waals surface area contributed by atoms with Gasteiger partial charge in [0.2, 0.25) is 0 Å². The predicted octanol–water partition coefficient (Wildman–Crippen LogP) is 4.13. The highest BCUT2D eigenvalue weighted by atomic mass is 32.1. The Morgan fingerprint density at radius 3 is 2.62 bits per heavy atom. The van der Waals surface area contributed by atoms with E-state index in [1.54, 1.807) is 22.7 Å². The van der Waals surface area contributed by atoms with Gasteiger partial charge in [-0.05, 0) is 35.2 Å². The minimum atomic E-state index is 0.0566. The fraction of sp³-hybridized carbons (Fsp3) is 0.562. The van der Waals surface area contributed by atoms with E-state index in [1.807, 2.05) is 0 Å². The molecule has 2 heterocycles. The van der Waals surface area contributed by atoms with Crippen LogP contribution in [0.25, 0.3) is 0 Å². The summed E-state index contributed by atoms with van der Waals surface area (Å²) in [6, 6.07) is 2.87. The van der Waals surface area contributed by atoms with E-state index in [1.165, 1.54) is 29.0 Å². The Kier molecular flexibility index (Phi) is 4.08. The standard InChI is InChI=1S/C16H23N3S2/c1-16(2,3)14-13(8-17)21-15(18-14)19(12-4-5-12)9-11-6-7-20-10-11/h6-7,10,12H,4-5,8-9,17H2,1-3H3. The van der Waals surface area contributed by atoms with E-state index in [0.717, 1.165) is 11.7 Å². The highest BCUT2D eigenvalue weighted by Crippen LogP contribution is 2.39. The molecule has 21 heavy (non-hydrogen) atoms. The van der Waals surface area contributed by atoms with Gasteiger partial charge >= 0.3 is 0 Å². The van der Waals surface area contributed by atoms with Crippen LogP contribution in [0.1, 0.15) is 49.7 Å². The summed E-state index contributed by atoms with van der Waals surface area (Å²) >= 11 is 3.54. The Labute approximate surface area is 134 Å². The number of hydrogen-bond donors (Lipinski definition) is 1. The molecule has 0 spiro atoms. The molecular weight excluding hydrogens is 298 g/mol. The molecule has 2 aromatic heterocycles. The molecule has 3 nitrogen and oxygen atoms in total. The second kappa shape index (κ2) is 5.71. The molecule has 5 heteroatoms. The maximum absolute atomic E-state index is 5.94. The summed E-state index contributed by atoms with van der Waals surface area (Å²) in [7, 11) is 0. The van der Waals surface area contributed by atoms with Crippen LogP contribution in [0, 0.1) is 0 Å². The highest BCUT2D eigenvalue weighted by molar-refractivity contribution is 7.15. The summed E-state index contributed by atoms with van der Waals surface area (Å²) in [4.78, 5) is 8.67. The first-order chi connectivity index (χ1) is 9.99. The van der Waals surface area contributed by atoms with Gasteiger partial charge in [0, 0.05) is 29.4 Å². The van der Waals surface area contributed by atoms with Crippen LogP contribution in [-0.4, -0.2) is 11.0 Å². The quantitative estimate of drug-likeness (QED) is 0.900. The molecule has 2 N–H and O–H groups in total. The van der Waals surface area contributed by atoms with E-state index in [4.69, 9.17) is 10.7 Å². The number of rotatable bonds is 5. The molecule has 1 aliphatic rings. The monoisotopic (exact) mass is 321 g/mol.